The molecule has 1 amide bonds. The number of hydrogen-bond acceptors (Lipinski definition) is 6. The lowest BCUT2D eigenvalue weighted by Gasteiger charge is -2.42. The Morgan fingerprint density at radius 2 is 1.69 bits per heavy atom. The number of nitrogens with one attached hydrogen (secondary N) is 1. The van der Waals surface area contributed by atoms with Gasteiger partial charge >= 0.3 is 0 Å². The van der Waals surface area contributed by atoms with Crippen molar-refractivity contribution in [2.45, 2.75) is 23.8 Å². The Bertz CT molecular complexity index is 1470. The van der Waals surface area contributed by atoms with E-state index in [0.29, 0.717) is 25.3 Å². The number of hydrogen-bond donors (Lipinski definition) is 1. The van der Waals surface area contributed by atoms with Crippen molar-refractivity contribution < 1.29 is 18.1 Å². The summed E-state index contributed by atoms with van der Waals surface area (Å²) in [6.07, 6.45) is 0.850. The van der Waals surface area contributed by atoms with Crippen LogP contribution < -0.4 is 10.9 Å². The smallest absolute Gasteiger partial charge is 0.269 e. The second-order valence-electron chi connectivity index (χ2n) is 8.80. The lowest BCUT2D eigenvalue weighted by atomic mass is 9.84. The zero-order valence-corrected chi connectivity index (χ0v) is 19.3. The van der Waals surface area contributed by atoms with Crippen LogP contribution in [0.4, 0.5) is 11.4 Å². The Kier molecular flexibility index (Phi) is 5.73. The van der Waals surface area contributed by atoms with Gasteiger partial charge in [0.15, 0.2) is 0 Å². The summed E-state index contributed by atoms with van der Waals surface area (Å²) < 4.78 is 29.9. The van der Waals surface area contributed by atoms with Crippen molar-refractivity contribution in [1.29, 1.82) is 0 Å². The van der Waals surface area contributed by atoms with E-state index in [0.717, 1.165) is 12.1 Å². The lowest BCUT2D eigenvalue weighted by Crippen LogP contribution is -2.48. The number of aromatic nitrogens is 1. The monoisotopic (exact) mass is 494 g/mol. The van der Waals surface area contributed by atoms with Crippen LogP contribution in [0.2, 0.25) is 0 Å². The number of carbonyl (C=O) groups is 1. The molecule has 0 unspecified atom stereocenters. The van der Waals surface area contributed by atoms with E-state index in [2.05, 4.69) is 5.32 Å². The summed E-state index contributed by atoms with van der Waals surface area (Å²) in [5.41, 5.74) is 1.34. The van der Waals surface area contributed by atoms with Crippen molar-refractivity contribution in [2.24, 2.45) is 5.92 Å². The number of sulfonamides is 1. The minimum Gasteiger partial charge on any atom is -0.322 e. The van der Waals surface area contributed by atoms with E-state index in [4.69, 9.17) is 0 Å². The molecular weight excluding hydrogens is 472 g/mol. The number of pyridine rings is 1. The molecule has 3 aromatic rings. The third kappa shape index (κ3) is 4.35. The second kappa shape index (κ2) is 8.75. The number of carbonyl (C=O) groups excluding carboxylic acids is 1. The number of nitro benzene ring substituents is 1. The average molecular weight is 495 g/mol. The minimum absolute atomic E-state index is 0.0357. The van der Waals surface area contributed by atoms with Crippen molar-refractivity contribution in [3.8, 4) is 0 Å². The number of piperidine rings is 1. The fourth-order valence-electron chi connectivity index (χ4n) is 4.85. The van der Waals surface area contributed by atoms with Gasteiger partial charge in [-0.25, -0.2) is 8.42 Å². The van der Waals surface area contributed by atoms with Gasteiger partial charge in [-0.05, 0) is 54.8 Å². The summed E-state index contributed by atoms with van der Waals surface area (Å²) in [4.78, 5) is 35.0. The molecule has 2 aliphatic heterocycles. The Balaban J connectivity index is 1.30. The maximum atomic E-state index is 13.4. The lowest BCUT2D eigenvalue weighted by molar-refractivity contribution is -0.384. The number of anilines is 1. The van der Waals surface area contributed by atoms with Gasteiger partial charge in [0.1, 0.15) is 0 Å². The molecule has 0 aliphatic carbocycles. The molecule has 2 aliphatic rings. The number of nitro groups is 1. The summed E-state index contributed by atoms with van der Waals surface area (Å²) >= 11 is 0. The van der Waals surface area contributed by atoms with Crippen LogP contribution in [-0.2, 0) is 16.6 Å². The van der Waals surface area contributed by atoms with Gasteiger partial charge in [-0.2, -0.15) is 4.31 Å². The van der Waals surface area contributed by atoms with Crippen LogP contribution in [0.3, 0.4) is 0 Å². The Labute approximate surface area is 201 Å². The second-order valence-corrected chi connectivity index (χ2v) is 10.7. The summed E-state index contributed by atoms with van der Waals surface area (Å²) in [6.45, 7) is 1.16. The van der Waals surface area contributed by atoms with Gasteiger partial charge in [-0.3, -0.25) is 19.7 Å². The van der Waals surface area contributed by atoms with Gasteiger partial charge in [0.25, 0.3) is 17.2 Å². The van der Waals surface area contributed by atoms with Crippen molar-refractivity contribution in [1.82, 2.24) is 8.87 Å². The van der Waals surface area contributed by atoms with Crippen LogP contribution in [0.1, 0.15) is 28.4 Å². The summed E-state index contributed by atoms with van der Waals surface area (Å²) in [7, 11) is -3.76. The fraction of sp³-hybridized carbons (Fsp3) is 0.250. The van der Waals surface area contributed by atoms with E-state index >= 15 is 0 Å². The first-order valence-electron chi connectivity index (χ1n) is 11.1. The maximum absolute atomic E-state index is 13.4. The van der Waals surface area contributed by atoms with Gasteiger partial charge in [0.2, 0.25) is 10.0 Å². The molecule has 1 saturated heterocycles. The summed E-state index contributed by atoms with van der Waals surface area (Å²) in [5.74, 6) is -0.434. The molecule has 1 aromatic heterocycles. The molecule has 180 valence electrons. The fourth-order valence-corrected chi connectivity index (χ4v) is 6.41. The van der Waals surface area contributed by atoms with Crippen LogP contribution in [0.25, 0.3) is 0 Å². The first-order valence-corrected chi connectivity index (χ1v) is 12.5. The molecule has 0 spiro atoms. The zero-order chi connectivity index (χ0) is 24.7. The minimum atomic E-state index is -3.76. The Hall–Kier alpha value is -3.83. The number of non-ortho nitro benzene ring substituents is 1. The molecule has 3 heterocycles. The molecule has 2 aromatic carbocycles. The summed E-state index contributed by atoms with van der Waals surface area (Å²) in [5, 5.41) is 13.4. The van der Waals surface area contributed by atoms with Crippen molar-refractivity contribution in [2.75, 3.05) is 18.4 Å². The normalized spacial score (nSPS) is 19.5. The highest BCUT2D eigenvalue weighted by Gasteiger charge is 2.39. The number of nitrogens with zero attached hydrogens (tertiary/aromatic N) is 3. The van der Waals surface area contributed by atoms with Crippen LogP contribution in [-0.4, -0.2) is 41.2 Å². The molecule has 0 saturated carbocycles. The molecule has 10 nitrogen and oxygen atoms in total. The largest absolute Gasteiger partial charge is 0.322 e. The van der Waals surface area contributed by atoms with E-state index in [1.807, 2.05) is 6.07 Å². The number of fused-ring (bicyclic) bond motifs is 4. The number of amides is 1. The highest BCUT2D eigenvalue weighted by molar-refractivity contribution is 7.89. The van der Waals surface area contributed by atoms with Crippen molar-refractivity contribution in [3.05, 3.63) is 98.5 Å². The van der Waals surface area contributed by atoms with Gasteiger partial charge < -0.3 is 9.88 Å². The summed E-state index contributed by atoms with van der Waals surface area (Å²) in [6, 6.07) is 16.2. The van der Waals surface area contributed by atoms with Crippen molar-refractivity contribution in [3.63, 3.8) is 0 Å². The average Bonchev–Trinajstić information content (AvgIpc) is 2.85. The zero-order valence-electron chi connectivity index (χ0n) is 18.5. The van der Waals surface area contributed by atoms with E-state index in [1.165, 1.54) is 58.9 Å². The Morgan fingerprint density at radius 1 is 0.971 bits per heavy atom. The maximum Gasteiger partial charge on any atom is 0.269 e. The van der Waals surface area contributed by atoms with Crippen LogP contribution in [0.5, 0.6) is 0 Å². The first-order chi connectivity index (χ1) is 16.7. The molecule has 11 heteroatoms. The van der Waals surface area contributed by atoms with E-state index in [9.17, 15) is 28.1 Å². The van der Waals surface area contributed by atoms with Crippen LogP contribution >= 0.6 is 0 Å². The molecule has 35 heavy (non-hydrogen) atoms. The van der Waals surface area contributed by atoms with E-state index in [1.54, 1.807) is 10.6 Å². The number of benzene rings is 2. The van der Waals surface area contributed by atoms with E-state index < -0.39 is 20.9 Å². The standard InChI is InChI=1S/C24H22N4O6S/c29-23-3-1-2-22-18-12-16(14-27(22)23)13-26(15-18)35(33,34)21-10-6-19(7-11-21)25-24(30)17-4-8-20(9-5-17)28(31)32/h1-11,16,18H,12-15H2,(H,25,30)/t16-,18-/m1/s1. The predicted molar refractivity (Wildman–Crippen MR) is 128 cm³/mol. The third-order valence-corrected chi connectivity index (χ3v) is 8.38. The Morgan fingerprint density at radius 3 is 2.37 bits per heavy atom. The number of rotatable bonds is 5. The highest BCUT2D eigenvalue weighted by Crippen LogP contribution is 2.37. The molecule has 1 N–H and O–H groups in total. The quantitative estimate of drug-likeness (QED) is 0.429. The molecule has 1 fully saturated rings. The van der Waals surface area contributed by atoms with Crippen LogP contribution in [0.15, 0.2) is 76.4 Å². The molecule has 0 radical (unpaired) electrons. The highest BCUT2D eigenvalue weighted by atomic mass is 32.2. The predicted octanol–water partition coefficient (Wildman–Crippen LogP) is 2.82. The SMILES string of the molecule is O=C(Nc1ccc(S(=O)(=O)N2C[C@H]3C[C@H](C2)c2cccc(=O)n2C3)cc1)c1ccc([N+](=O)[O-])cc1. The topological polar surface area (TPSA) is 132 Å². The van der Waals surface area contributed by atoms with Crippen molar-refractivity contribution >= 4 is 27.3 Å². The molecule has 2 atom stereocenters. The first kappa shape index (κ1) is 22.9. The third-order valence-electron chi connectivity index (χ3n) is 6.54. The van der Waals surface area contributed by atoms with Gasteiger partial charge in [0, 0.05) is 60.7 Å². The molecular formula is C24H22N4O6S. The van der Waals surface area contributed by atoms with Gasteiger partial charge in [-0.15, -0.1) is 0 Å². The van der Waals surface area contributed by atoms with Gasteiger partial charge in [0.05, 0.1) is 9.82 Å². The van der Waals surface area contributed by atoms with Gasteiger partial charge in [-0.1, -0.05) is 6.07 Å². The van der Waals surface area contributed by atoms with Crippen LogP contribution in [0, 0.1) is 16.0 Å². The van der Waals surface area contributed by atoms with E-state index in [-0.39, 0.29) is 33.5 Å². The molecule has 2 bridgehead atoms. The molecule has 5 rings (SSSR count).